The Kier molecular flexibility index (Phi) is 3.91. The molecule has 4 nitrogen and oxygen atoms in total. The van der Waals surface area contributed by atoms with Crippen molar-refractivity contribution >= 4 is 28.2 Å². The predicted octanol–water partition coefficient (Wildman–Crippen LogP) is 4.22. The van der Waals surface area contributed by atoms with Crippen LogP contribution in [0.3, 0.4) is 0 Å². The molecule has 0 aliphatic heterocycles. The van der Waals surface area contributed by atoms with Crippen LogP contribution in [0, 0.1) is 13.8 Å². The van der Waals surface area contributed by atoms with Crippen molar-refractivity contribution in [3.8, 4) is 0 Å². The summed E-state index contributed by atoms with van der Waals surface area (Å²) in [7, 11) is 0. The van der Waals surface area contributed by atoms with Gasteiger partial charge in [0.25, 0.3) is 0 Å². The maximum absolute atomic E-state index is 12.8. The molecule has 1 aromatic heterocycles. The van der Waals surface area contributed by atoms with Crippen LogP contribution in [0.1, 0.15) is 27.2 Å². The minimum absolute atomic E-state index is 0.0332. The van der Waals surface area contributed by atoms with Crippen LogP contribution in [0.25, 0.3) is 0 Å². The van der Waals surface area contributed by atoms with Gasteiger partial charge in [0, 0.05) is 5.69 Å². The van der Waals surface area contributed by atoms with Crippen molar-refractivity contribution in [2.24, 2.45) is 0 Å². The highest BCUT2D eigenvalue weighted by Crippen LogP contribution is 2.35. The molecule has 1 aromatic carbocycles. The first kappa shape index (κ1) is 15.3. The molecule has 0 aliphatic rings. The number of nitrogens with one attached hydrogen (secondary N) is 1. The van der Waals surface area contributed by atoms with E-state index in [1.54, 1.807) is 0 Å². The third-order valence-corrected chi connectivity index (χ3v) is 3.73. The van der Waals surface area contributed by atoms with Crippen LogP contribution in [0.4, 0.5) is 23.9 Å². The van der Waals surface area contributed by atoms with Crippen molar-refractivity contribution in [1.29, 1.82) is 0 Å². The van der Waals surface area contributed by atoms with Gasteiger partial charge in [-0.15, -0.1) is 0 Å². The zero-order valence-corrected chi connectivity index (χ0v) is 11.9. The number of carboxylic acid groups (broad SMARTS) is 1. The second-order valence-corrected chi connectivity index (χ2v) is 5.20. The smallest absolute Gasteiger partial charge is 0.416 e. The van der Waals surface area contributed by atoms with Gasteiger partial charge in [0.05, 0.1) is 11.3 Å². The molecule has 0 bridgehead atoms. The molecule has 0 saturated heterocycles. The van der Waals surface area contributed by atoms with Gasteiger partial charge >= 0.3 is 12.1 Å². The van der Waals surface area contributed by atoms with Crippen LogP contribution in [0.5, 0.6) is 0 Å². The molecule has 0 radical (unpaired) electrons. The quantitative estimate of drug-likeness (QED) is 0.890. The summed E-state index contributed by atoms with van der Waals surface area (Å²) in [5.74, 6) is -1.17. The van der Waals surface area contributed by atoms with E-state index in [1.807, 2.05) is 0 Å². The lowest BCUT2D eigenvalue weighted by atomic mass is 10.1. The van der Waals surface area contributed by atoms with E-state index in [2.05, 4.69) is 9.69 Å². The van der Waals surface area contributed by atoms with E-state index in [1.165, 1.54) is 26.0 Å². The Morgan fingerprint density at radius 2 is 2.00 bits per heavy atom. The fraction of sp³-hybridized carbons (Fsp3) is 0.231. The largest absolute Gasteiger partial charge is 0.478 e. The topological polar surface area (TPSA) is 62.2 Å². The van der Waals surface area contributed by atoms with Gasteiger partial charge in [0.15, 0.2) is 0 Å². The van der Waals surface area contributed by atoms with Crippen molar-refractivity contribution in [3.05, 3.63) is 40.6 Å². The fourth-order valence-corrected chi connectivity index (χ4v) is 2.65. The van der Waals surface area contributed by atoms with Crippen molar-refractivity contribution in [2.75, 3.05) is 5.32 Å². The third-order valence-electron chi connectivity index (χ3n) is 2.88. The number of alkyl halides is 3. The maximum Gasteiger partial charge on any atom is 0.416 e. The molecule has 21 heavy (non-hydrogen) atoms. The predicted molar refractivity (Wildman–Crippen MR) is 73.3 cm³/mol. The van der Waals surface area contributed by atoms with Crippen molar-refractivity contribution in [1.82, 2.24) is 4.37 Å². The van der Waals surface area contributed by atoms with E-state index >= 15 is 0 Å². The summed E-state index contributed by atoms with van der Waals surface area (Å²) in [6, 6.07) is 3.75. The number of aryl methyl sites for hydroxylation is 2. The monoisotopic (exact) mass is 316 g/mol. The van der Waals surface area contributed by atoms with Crippen LogP contribution in [0.15, 0.2) is 18.2 Å². The number of benzene rings is 1. The van der Waals surface area contributed by atoms with Gasteiger partial charge in [-0.05, 0) is 43.1 Å². The Hall–Kier alpha value is -2.09. The molecule has 8 heteroatoms. The Morgan fingerprint density at radius 3 is 2.57 bits per heavy atom. The molecular weight excluding hydrogens is 305 g/mol. The van der Waals surface area contributed by atoms with Crippen LogP contribution >= 0.6 is 11.5 Å². The molecule has 0 unspecified atom stereocenters. The van der Waals surface area contributed by atoms with Gasteiger partial charge < -0.3 is 10.4 Å². The second kappa shape index (κ2) is 5.36. The number of anilines is 2. The lowest BCUT2D eigenvalue weighted by Gasteiger charge is -2.12. The lowest BCUT2D eigenvalue weighted by Crippen LogP contribution is -2.08. The van der Waals surface area contributed by atoms with Crippen LogP contribution in [0.2, 0.25) is 0 Å². The summed E-state index contributed by atoms with van der Waals surface area (Å²) < 4.78 is 42.4. The number of rotatable bonds is 3. The zero-order chi connectivity index (χ0) is 15.8. The Labute approximate surface area is 122 Å². The summed E-state index contributed by atoms with van der Waals surface area (Å²) in [6.45, 7) is 2.90. The minimum atomic E-state index is -4.46. The Morgan fingerprint density at radius 1 is 1.33 bits per heavy atom. The summed E-state index contributed by atoms with van der Waals surface area (Å²) >= 11 is 0.894. The number of halogens is 3. The first-order chi connectivity index (χ1) is 9.70. The Balaban J connectivity index is 2.40. The number of nitrogens with zero attached hydrogens (tertiary/aromatic N) is 1. The van der Waals surface area contributed by atoms with Crippen molar-refractivity contribution in [3.63, 3.8) is 0 Å². The summed E-state index contributed by atoms with van der Waals surface area (Å²) in [5.41, 5.74) is -0.205. The van der Waals surface area contributed by atoms with E-state index in [0.717, 1.165) is 17.6 Å². The average molecular weight is 316 g/mol. The van der Waals surface area contributed by atoms with E-state index in [-0.39, 0.29) is 21.8 Å². The molecule has 0 fully saturated rings. The fourth-order valence-electron chi connectivity index (χ4n) is 1.84. The SMILES string of the molecule is Cc1ccc(Nc2snc(C)c2C(=O)O)cc1C(F)(F)F. The molecular formula is C13H11F3N2O2S. The standard InChI is InChI=1S/C13H11F3N2O2S/c1-6-3-4-8(5-9(6)13(14,15)16)17-11-10(12(19)20)7(2)18-21-11/h3-5,17H,1-2H3,(H,19,20). The zero-order valence-electron chi connectivity index (χ0n) is 11.1. The van der Waals surface area contributed by atoms with Gasteiger partial charge in [-0.3, -0.25) is 0 Å². The number of carboxylic acids is 1. The van der Waals surface area contributed by atoms with Gasteiger partial charge in [-0.2, -0.15) is 17.5 Å². The highest BCUT2D eigenvalue weighted by molar-refractivity contribution is 7.10. The minimum Gasteiger partial charge on any atom is -0.478 e. The first-order valence-electron chi connectivity index (χ1n) is 5.84. The molecule has 0 spiro atoms. The number of aromatic carboxylic acids is 1. The van der Waals surface area contributed by atoms with Crippen LogP contribution in [-0.4, -0.2) is 15.4 Å². The summed E-state index contributed by atoms with van der Waals surface area (Å²) in [4.78, 5) is 11.1. The average Bonchev–Trinajstić information content (AvgIpc) is 2.71. The molecule has 0 atom stereocenters. The molecule has 112 valence electrons. The highest BCUT2D eigenvalue weighted by atomic mass is 32.1. The molecule has 1 heterocycles. The van der Waals surface area contributed by atoms with Gasteiger partial charge in [0.1, 0.15) is 10.6 Å². The summed E-state index contributed by atoms with van der Waals surface area (Å²) in [6.07, 6.45) is -4.46. The first-order valence-corrected chi connectivity index (χ1v) is 6.62. The van der Waals surface area contributed by atoms with Crippen molar-refractivity contribution in [2.45, 2.75) is 20.0 Å². The van der Waals surface area contributed by atoms with E-state index in [0.29, 0.717) is 5.69 Å². The number of aromatic nitrogens is 1. The number of hydrogen-bond donors (Lipinski definition) is 2. The third kappa shape index (κ3) is 3.15. The van der Waals surface area contributed by atoms with E-state index in [9.17, 15) is 18.0 Å². The second-order valence-electron chi connectivity index (χ2n) is 4.43. The van der Waals surface area contributed by atoms with Gasteiger partial charge in [-0.25, -0.2) is 4.79 Å². The molecule has 2 rings (SSSR count). The van der Waals surface area contributed by atoms with E-state index in [4.69, 9.17) is 5.11 Å². The molecule has 0 aliphatic carbocycles. The summed E-state index contributed by atoms with van der Waals surface area (Å²) in [5, 5.41) is 12.0. The van der Waals surface area contributed by atoms with Crippen LogP contribution in [-0.2, 0) is 6.18 Å². The van der Waals surface area contributed by atoms with Crippen molar-refractivity contribution < 1.29 is 23.1 Å². The lowest BCUT2D eigenvalue weighted by molar-refractivity contribution is -0.138. The molecule has 0 amide bonds. The van der Waals surface area contributed by atoms with Gasteiger partial charge in [-0.1, -0.05) is 6.07 Å². The highest BCUT2D eigenvalue weighted by Gasteiger charge is 2.32. The van der Waals surface area contributed by atoms with Crippen LogP contribution < -0.4 is 5.32 Å². The molecule has 2 N–H and O–H groups in total. The Bertz CT molecular complexity index is 695. The molecule has 2 aromatic rings. The number of carbonyl (C=O) groups is 1. The maximum atomic E-state index is 12.8. The van der Waals surface area contributed by atoms with Gasteiger partial charge in [0.2, 0.25) is 0 Å². The van der Waals surface area contributed by atoms with E-state index < -0.39 is 17.7 Å². The molecule has 0 saturated carbocycles. The normalized spacial score (nSPS) is 11.5. The number of hydrogen-bond acceptors (Lipinski definition) is 4.